The number of nitrogens with one attached hydrogen (secondary N) is 2. The second-order valence-corrected chi connectivity index (χ2v) is 5.99. The van der Waals surface area contributed by atoms with E-state index in [0.717, 1.165) is 5.56 Å². The van der Waals surface area contributed by atoms with Crippen molar-refractivity contribution in [3.05, 3.63) is 82.5 Å². The summed E-state index contributed by atoms with van der Waals surface area (Å²) >= 11 is 0. The van der Waals surface area contributed by atoms with E-state index in [-0.39, 0.29) is 17.4 Å². The number of hydrogen-bond acceptors (Lipinski definition) is 3. The first kappa shape index (κ1) is 15.3. The first-order chi connectivity index (χ1) is 12.1. The van der Waals surface area contributed by atoms with Crippen molar-refractivity contribution in [3.8, 4) is 0 Å². The number of aromatic nitrogens is 2. The van der Waals surface area contributed by atoms with E-state index in [1.807, 2.05) is 37.3 Å². The summed E-state index contributed by atoms with van der Waals surface area (Å²) in [6.07, 6.45) is 1.55. The van der Waals surface area contributed by atoms with E-state index in [2.05, 4.69) is 15.3 Å². The molecule has 0 aliphatic heterocycles. The topological polar surface area (TPSA) is 57.8 Å². The van der Waals surface area contributed by atoms with Crippen LogP contribution in [-0.4, -0.2) is 9.97 Å². The van der Waals surface area contributed by atoms with Crippen LogP contribution in [0.2, 0.25) is 0 Å². The van der Waals surface area contributed by atoms with E-state index in [1.54, 1.807) is 18.3 Å². The molecule has 4 aromatic rings. The lowest BCUT2D eigenvalue weighted by atomic mass is 10.1. The van der Waals surface area contributed by atoms with Crippen LogP contribution in [0.3, 0.4) is 0 Å². The molecule has 2 N–H and O–H groups in total. The van der Waals surface area contributed by atoms with Crippen LogP contribution in [0.4, 0.5) is 10.2 Å². The highest BCUT2D eigenvalue weighted by Crippen LogP contribution is 2.30. The van der Waals surface area contributed by atoms with Crippen LogP contribution in [0.1, 0.15) is 18.5 Å². The average Bonchev–Trinajstić information content (AvgIpc) is 2.62. The van der Waals surface area contributed by atoms with Gasteiger partial charge in [-0.1, -0.05) is 30.3 Å². The van der Waals surface area contributed by atoms with Crippen molar-refractivity contribution in [1.29, 1.82) is 0 Å². The van der Waals surface area contributed by atoms with Gasteiger partial charge in [0.05, 0.1) is 10.9 Å². The van der Waals surface area contributed by atoms with Gasteiger partial charge in [-0.25, -0.2) is 9.37 Å². The standard InChI is InChI=1S/C20H16FN3O/c1-12(13-5-3-2-4-6-13)23-19-15-8-7-14(21)11-16(15)18-17(24-19)9-10-22-20(18)25/h2-12H,1H3,(H,22,25)(H,23,24)/t12-/m0/s1. The zero-order valence-corrected chi connectivity index (χ0v) is 13.6. The number of rotatable bonds is 3. The highest BCUT2D eigenvalue weighted by Gasteiger charge is 2.14. The predicted octanol–water partition coefficient (Wildman–Crippen LogP) is 4.39. The molecule has 0 amide bonds. The minimum Gasteiger partial charge on any atom is -0.363 e. The Morgan fingerprint density at radius 1 is 1.08 bits per heavy atom. The van der Waals surface area contributed by atoms with E-state index in [9.17, 15) is 9.18 Å². The highest BCUT2D eigenvalue weighted by molar-refractivity contribution is 6.09. The van der Waals surface area contributed by atoms with Gasteiger partial charge in [-0.2, -0.15) is 0 Å². The molecular weight excluding hydrogens is 317 g/mol. The van der Waals surface area contributed by atoms with Crippen molar-refractivity contribution in [1.82, 2.24) is 9.97 Å². The fourth-order valence-corrected chi connectivity index (χ4v) is 3.07. The largest absolute Gasteiger partial charge is 0.363 e. The molecule has 0 saturated carbocycles. The lowest BCUT2D eigenvalue weighted by Gasteiger charge is -2.17. The monoisotopic (exact) mass is 333 g/mol. The second-order valence-electron chi connectivity index (χ2n) is 5.99. The number of halogens is 1. The van der Waals surface area contributed by atoms with Gasteiger partial charge < -0.3 is 10.3 Å². The average molecular weight is 333 g/mol. The Balaban J connectivity index is 1.93. The summed E-state index contributed by atoms with van der Waals surface area (Å²) < 4.78 is 13.8. The Morgan fingerprint density at radius 3 is 2.68 bits per heavy atom. The molecule has 2 heterocycles. The number of pyridine rings is 2. The summed E-state index contributed by atoms with van der Waals surface area (Å²) in [7, 11) is 0. The molecule has 0 radical (unpaired) electrons. The van der Waals surface area contributed by atoms with Gasteiger partial charge in [0.25, 0.3) is 5.56 Å². The zero-order chi connectivity index (χ0) is 17.4. The Labute approximate surface area is 143 Å². The summed E-state index contributed by atoms with van der Waals surface area (Å²) in [4.78, 5) is 19.5. The van der Waals surface area contributed by atoms with Crippen LogP contribution < -0.4 is 10.9 Å². The molecule has 0 aliphatic rings. The third kappa shape index (κ3) is 2.74. The summed E-state index contributed by atoms with van der Waals surface area (Å²) in [5.41, 5.74) is 1.37. The van der Waals surface area contributed by atoms with E-state index < -0.39 is 0 Å². The molecule has 5 heteroatoms. The Morgan fingerprint density at radius 2 is 1.88 bits per heavy atom. The molecule has 25 heavy (non-hydrogen) atoms. The van der Waals surface area contributed by atoms with Gasteiger partial charge in [0.1, 0.15) is 11.6 Å². The van der Waals surface area contributed by atoms with Crippen LogP contribution in [0, 0.1) is 5.82 Å². The minimum absolute atomic E-state index is 0.0152. The van der Waals surface area contributed by atoms with Crippen molar-refractivity contribution >= 4 is 27.5 Å². The fraction of sp³-hybridized carbons (Fsp3) is 0.100. The fourth-order valence-electron chi connectivity index (χ4n) is 3.07. The molecular formula is C20H16FN3O. The second kappa shape index (κ2) is 6.02. The molecule has 2 aromatic carbocycles. The molecule has 0 spiro atoms. The molecule has 1 atom stereocenters. The smallest absolute Gasteiger partial charge is 0.258 e. The summed E-state index contributed by atoms with van der Waals surface area (Å²) in [5.74, 6) is 0.245. The van der Waals surface area contributed by atoms with E-state index >= 15 is 0 Å². The zero-order valence-electron chi connectivity index (χ0n) is 13.6. The number of benzene rings is 2. The van der Waals surface area contributed by atoms with Gasteiger partial charge in [0.2, 0.25) is 0 Å². The number of H-pyrrole nitrogens is 1. The molecule has 124 valence electrons. The molecule has 0 fully saturated rings. The van der Waals surface area contributed by atoms with E-state index in [1.165, 1.54) is 12.1 Å². The van der Waals surface area contributed by atoms with Crippen molar-refractivity contribution in [2.75, 3.05) is 5.32 Å². The minimum atomic E-state index is -0.384. The number of hydrogen-bond donors (Lipinski definition) is 2. The van der Waals surface area contributed by atoms with Crippen LogP contribution in [0.5, 0.6) is 0 Å². The van der Waals surface area contributed by atoms with Gasteiger partial charge >= 0.3 is 0 Å². The van der Waals surface area contributed by atoms with Crippen LogP contribution >= 0.6 is 0 Å². The lowest BCUT2D eigenvalue weighted by Crippen LogP contribution is -2.11. The molecule has 0 unspecified atom stereocenters. The number of anilines is 1. The highest BCUT2D eigenvalue weighted by atomic mass is 19.1. The third-order valence-corrected chi connectivity index (χ3v) is 4.33. The van der Waals surface area contributed by atoms with Gasteiger partial charge in [0, 0.05) is 23.0 Å². The van der Waals surface area contributed by atoms with Gasteiger partial charge in [-0.05, 0) is 36.8 Å². The van der Waals surface area contributed by atoms with Crippen molar-refractivity contribution in [2.24, 2.45) is 0 Å². The first-order valence-corrected chi connectivity index (χ1v) is 8.05. The predicted molar refractivity (Wildman–Crippen MR) is 98.3 cm³/mol. The Bertz CT molecular complexity index is 1120. The lowest BCUT2D eigenvalue weighted by molar-refractivity contribution is 0.630. The maximum atomic E-state index is 13.8. The quantitative estimate of drug-likeness (QED) is 0.547. The third-order valence-electron chi connectivity index (χ3n) is 4.33. The van der Waals surface area contributed by atoms with E-state index in [4.69, 9.17) is 0 Å². The Kier molecular flexibility index (Phi) is 3.69. The van der Waals surface area contributed by atoms with Gasteiger partial charge in [-0.15, -0.1) is 0 Å². The summed E-state index contributed by atoms with van der Waals surface area (Å²) in [5, 5.41) is 5.05. The number of fused-ring (bicyclic) bond motifs is 3. The molecule has 0 bridgehead atoms. The maximum absolute atomic E-state index is 13.8. The molecule has 0 saturated heterocycles. The molecule has 4 rings (SSSR count). The number of nitrogens with zero attached hydrogens (tertiary/aromatic N) is 1. The van der Waals surface area contributed by atoms with Crippen molar-refractivity contribution in [3.63, 3.8) is 0 Å². The normalized spacial score (nSPS) is 12.4. The van der Waals surface area contributed by atoms with Gasteiger partial charge in [0.15, 0.2) is 0 Å². The van der Waals surface area contributed by atoms with E-state index in [0.29, 0.717) is 27.5 Å². The SMILES string of the molecule is C[C@H](Nc1nc2cc[nH]c(=O)c2c2cc(F)ccc12)c1ccccc1. The van der Waals surface area contributed by atoms with Crippen molar-refractivity contribution in [2.45, 2.75) is 13.0 Å². The molecule has 4 nitrogen and oxygen atoms in total. The molecule has 2 aromatic heterocycles. The number of aromatic amines is 1. The van der Waals surface area contributed by atoms with Crippen LogP contribution in [0.15, 0.2) is 65.6 Å². The van der Waals surface area contributed by atoms with Crippen LogP contribution in [0.25, 0.3) is 21.7 Å². The van der Waals surface area contributed by atoms with Gasteiger partial charge in [-0.3, -0.25) is 4.79 Å². The maximum Gasteiger partial charge on any atom is 0.258 e. The first-order valence-electron chi connectivity index (χ1n) is 8.05. The Hall–Kier alpha value is -3.21. The molecule has 0 aliphatic carbocycles. The van der Waals surface area contributed by atoms with Crippen LogP contribution in [-0.2, 0) is 0 Å². The van der Waals surface area contributed by atoms with Crippen molar-refractivity contribution < 1.29 is 4.39 Å². The summed E-state index contributed by atoms with van der Waals surface area (Å²) in [6, 6.07) is 16.1. The summed E-state index contributed by atoms with van der Waals surface area (Å²) in [6.45, 7) is 2.04.